The first-order valence-electron chi connectivity index (χ1n) is 8.12. The third-order valence-electron chi connectivity index (χ3n) is 3.89. The van der Waals surface area contributed by atoms with E-state index in [9.17, 15) is 14.9 Å². The van der Waals surface area contributed by atoms with Crippen molar-refractivity contribution in [2.75, 3.05) is 11.9 Å². The second kappa shape index (κ2) is 7.60. The lowest BCUT2D eigenvalue weighted by Gasteiger charge is -2.10. The Morgan fingerprint density at radius 2 is 2.04 bits per heavy atom. The average molecular weight is 351 g/mol. The Morgan fingerprint density at radius 3 is 2.81 bits per heavy atom. The number of pyridine rings is 1. The molecular formula is C19H17N3O4. The van der Waals surface area contributed by atoms with Crippen molar-refractivity contribution in [3.05, 3.63) is 76.0 Å². The number of aromatic nitrogens is 1. The number of hydrogen-bond acceptors (Lipinski definition) is 6. The lowest BCUT2D eigenvalue weighted by Crippen LogP contribution is -2.09. The van der Waals surface area contributed by atoms with Gasteiger partial charge in [-0.3, -0.25) is 15.1 Å². The Labute approximate surface area is 149 Å². The molecule has 0 atom stereocenters. The van der Waals surface area contributed by atoms with Crippen molar-refractivity contribution >= 4 is 28.2 Å². The van der Waals surface area contributed by atoms with Gasteiger partial charge in [-0.25, -0.2) is 4.79 Å². The molecule has 7 nitrogen and oxygen atoms in total. The number of hydrogen-bond donors (Lipinski definition) is 1. The molecule has 0 spiro atoms. The van der Waals surface area contributed by atoms with Gasteiger partial charge < -0.3 is 10.1 Å². The van der Waals surface area contributed by atoms with Gasteiger partial charge in [0.2, 0.25) is 0 Å². The molecule has 1 aromatic heterocycles. The number of nitrogens with zero attached hydrogens (tertiary/aromatic N) is 2. The maximum Gasteiger partial charge on any atom is 0.345 e. The fourth-order valence-electron chi connectivity index (χ4n) is 2.68. The second-order valence-corrected chi connectivity index (χ2v) is 5.56. The summed E-state index contributed by atoms with van der Waals surface area (Å²) < 4.78 is 4.91. The Hall–Kier alpha value is -3.48. The van der Waals surface area contributed by atoms with E-state index >= 15 is 0 Å². The number of ether oxygens (including phenoxy) is 1. The quantitative estimate of drug-likeness (QED) is 0.411. The van der Waals surface area contributed by atoms with E-state index in [0.29, 0.717) is 12.2 Å². The van der Waals surface area contributed by atoms with Crippen LogP contribution in [0.3, 0.4) is 0 Å². The van der Waals surface area contributed by atoms with E-state index in [1.165, 1.54) is 12.1 Å². The Morgan fingerprint density at radius 1 is 1.23 bits per heavy atom. The third-order valence-corrected chi connectivity index (χ3v) is 3.89. The number of anilines is 1. The lowest BCUT2D eigenvalue weighted by molar-refractivity contribution is -0.385. The number of fused-ring (bicyclic) bond motifs is 1. The number of nitro groups is 1. The van der Waals surface area contributed by atoms with Gasteiger partial charge in [0.05, 0.1) is 17.0 Å². The summed E-state index contributed by atoms with van der Waals surface area (Å²) in [5.41, 5.74) is 2.11. The Bertz CT molecular complexity index is 967. The summed E-state index contributed by atoms with van der Waals surface area (Å²) in [5, 5.41) is 15.4. The zero-order valence-corrected chi connectivity index (χ0v) is 14.1. The molecule has 132 valence electrons. The van der Waals surface area contributed by atoms with E-state index in [4.69, 9.17) is 4.74 Å². The molecule has 0 unspecified atom stereocenters. The molecule has 0 aliphatic rings. The number of esters is 1. The summed E-state index contributed by atoms with van der Waals surface area (Å²) in [6, 6.07) is 14.1. The number of benzene rings is 2. The van der Waals surface area contributed by atoms with Crippen LogP contribution in [0.15, 0.2) is 54.7 Å². The van der Waals surface area contributed by atoms with Crippen molar-refractivity contribution in [3.8, 4) is 0 Å². The number of carbonyl (C=O) groups is 1. The minimum absolute atomic E-state index is 0.0714. The predicted molar refractivity (Wildman–Crippen MR) is 98.1 cm³/mol. The van der Waals surface area contributed by atoms with E-state index in [-0.39, 0.29) is 17.9 Å². The third kappa shape index (κ3) is 3.61. The summed E-state index contributed by atoms with van der Waals surface area (Å²) in [6.07, 6.45) is 1.73. The Kier molecular flexibility index (Phi) is 5.07. The number of para-hydroxylation sites is 1. The summed E-state index contributed by atoms with van der Waals surface area (Å²) >= 11 is 0. The molecule has 0 bridgehead atoms. The summed E-state index contributed by atoms with van der Waals surface area (Å²) in [4.78, 5) is 26.9. The summed E-state index contributed by atoms with van der Waals surface area (Å²) in [5.74, 6) is -0.713. The van der Waals surface area contributed by atoms with Crippen LogP contribution in [-0.4, -0.2) is 22.5 Å². The highest BCUT2D eigenvalue weighted by molar-refractivity contribution is 5.95. The van der Waals surface area contributed by atoms with Gasteiger partial charge in [0.15, 0.2) is 0 Å². The van der Waals surface area contributed by atoms with E-state index in [2.05, 4.69) is 10.3 Å². The van der Waals surface area contributed by atoms with Crippen molar-refractivity contribution in [3.63, 3.8) is 0 Å². The fourth-order valence-corrected chi connectivity index (χ4v) is 2.68. The van der Waals surface area contributed by atoms with E-state index in [1.54, 1.807) is 19.2 Å². The maximum absolute atomic E-state index is 12.0. The minimum atomic E-state index is -0.713. The van der Waals surface area contributed by atoms with Gasteiger partial charge in [0, 0.05) is 29.9 Å². The highest BCUT2D eigenvalue weighted by Crippen LogP contribution is 2.24. The van der Waals surface area contributed by atoms with Gasteiger partial charge in [-0.15, -0.1) is 0 Å². The van der Waals surface area contributed by atoms with Crippen LogP contribution in [0.2, 0.25) is 0 Å². The number of nitrogens with one attached hydrogen (secondary N) is 1. The minimum Gasteiger partial charge on any atom is -0.462 e. The molecule has 0 amide bonds. The SMILES string of the molecule is CCOC(=O)c1cc(NCc2cccc3cccnc23)ccc1[N+](=O)[O-]. The number of carbonyl (C=O) groups excluding carboxylic acids is 1. The molecule has 2 aromatic carbocycles. The van der Waals surface area contributed by atoms with Crippen LogP contribution in [0.1, 0.15) is 22.8 Å². The van der Waals surface area contributed by atoms with Crippen LogP contribution in [0.25, 0.3) is 10.9 Å². The summed E-state index contributed by atoms with van der Waals surface area (Å²) in [7, 11) is 0. The highest BCUT2D eigenvalue weighted by atomic mass is 16.6. The van der Waals surface area contributed by atoms with E-state index < -0.39 is 10.9 Å². The average Bonchev–Trinajstić information content (AvgIpc) is 2.66. The smallest absolute Gasteiger partial charge is 0.345 e. The molecule has 1 heterocycles. The highest BCUT2D eigenvalue weighted by Gasteiger charge is 2.21. The number of nitro benzene ring substituents is 1. The monoisotopic (exact) mass is 351 g/mol. The maximum atomic E-state index is 12.0. The molecule has 0 fully saturated rings. The van der Waals surface area contributed by atoms with Crippen molar-refractivity contribution in [2.45, 2.75) is 13.5 Å². The molecule has 0 radical (unpaired) electrons. The Balaban J connectivity index is 1.87. The normalized spacial score (nSPS) is 10.5. The lowest BCUT2D eigenvalue weighted by atomic mass is 10.1. The van der Waals surface area contributed by atoms with E-state index in [0.717, 1.165) is 16.5 Å². The van der Waals surface area contributed by atoms with Crippen LogP contribution in [0, 0.1) is 10.1 Å². The fraction of sp³-hybridized carbons (Fsp3) is 0.158. The molecule has 26 heavy (non-hydrogen) atoms. The largest absolute Gasteiger partial charge is 0.462 e. The first-order valence-corrected chi connectivity index (χ1v) is 8.12. The standard InChI is InChI=1S/C19H17N3O4/c1-2-26-19(23)16-11-15(8-9-17(16)22(24)25)21-12-14-6-3-5-13-7-4-10-20-18(13)14/h3-11,21H,2,12H2,1H3. The predicted octanol–water partition coefficient (Wildman–Crippen LogP) is 3.93. The van der Waals surface area contributed by atoms with Gasteiger partial charge in [-0.05, 0) is 30.7 Å². The van der Waals surface area contributed by atoms with E-state index in [1.807, 2.05) is 30.3 Å². The van der Waals surface area contributed by atoms with Crippen LogP contribution < -0.4 is 5.32 Å². The van der Waals surface area contributed by atoms with Gasteiger partial charge in [0.25, 0.3) is 5.69 Å². The molecule has 1 N–H and O–H groups in total. The number of rotatable bonds is 6. The van der Waals surface area contributed by atoms with Gasteiger partial charge in [-0.1, -0.05) is 24.3 Å². The second-order valence-electron chi connectivity index (χ2n) is 5.56. The van der Waals surface area contributed by atoms with Crippen LogP contribution in [-0.2, 0) is 11.3 Å². The van der Waals surface area contributed by atoms with Crippen LogP contribution in [0.5, 0.6) is 0 Å². The first-order chi connectivity index (χ1) is 12.6. The molecule has 3 rings (SSSR count). The molecule has 7 heteroatoms. The molecule has 0 aliphatic heterocycles. The zero-order chi connectivity index (χ0) is 18.5. The molecule has 0 aliphatic carbocycles. The molecule has 3 aromatic rings. The van der Waals surface area contributed by atoms with Crippen molar-refractivity contribution in [2.24, 2.45) is 0 Å². The van der Waals surface area contributed by atoms with Crippen LogP contribution in [0.4, 0.5) is 11.4 Å². The van der Waals surface area contributed by atoms with Crippen molar-refractivity contribution < 1.29 is 14.5 Å². The first kappa shape index (κ1) is 17.3. The molecular weight excluding hydrogens is 334 g/mol. The summed E-state index contributed by atoms with van der Waals surface area (Å²) in [6.45, 7) is 2.27. The molecule has 0 saturated heterocycles. The van der Waals surface area contributed by atoms with Gasteiger partial charge in [0.1, 0.15) is 5.56 Å². The molecule has 0 saturated carbocycles. The zero-order valence-electron chi connectivity index (χ0n) is 14.1. The van der Waals surface area contributed by atoms with Gasteiger partial charge in [-0.2, -0.15) is 0 Å². The van der Waals surface area contributed by atoms with Crippen molar-refractivity contribution in [1.82, 2.24) is 4.98 Å². The van der Waals surface area contributed by atoms with Crippen LogP contribution >= 0.6 is 0 Å². The topological polar surface area (TPSA) is 94.4 Å². The van der Waals surface area contributed by atoms with Gasteiger partial charge >= 0.3 is 5.97 Å². The van der Waals surface area contributed by atoms with Crippen molar-refractivity contribution in [1.29, 1.82) is 0 Å².